The number of aromatic nitrogens is 1. The van der Waals surface area contributed by atoms with E-state index in [1.807, 2.05) is 48.7 Å². The van der Waals surface area contributed by atoms with Gasteiger partial charge in [0, 0.05) is 22.9 Å². The van der Waals surface area contributed by atoms with Crippen molar-refractivity contribution in [1.82, 2.24) is 5.32 Å². The largest absolute Gasteiger partial charge is 0.502 e. The number of carbonyl (C=O) groups is 1. The van der Waals surface area contributed by atoms with Crippen molar-refractivity contribution in [2.45, 2.75) is 25.8 Å². The highest BCUT2D eigenvalue weighted by molar-refractivity contribution is 7.10. The zero-order valence-corrected chi connectivity index (χ0v) is 13.7. The van der Waals surface area contributed by atoms with Crippen molar-refractivity contribution in [2.24, 2.45) is 0 Å². The number of H-pyrrole nitrogens is 1. The fourth-order valence-corrected chi connectivity index (χ4v) is 3.44. The minimum absolute atomic E-state index is 0.0116. The molecule has 0 saturated heterocycles. The Labute approximate surface area is 138 Å². The second kappa shape index (κ2) is 6.79. The molecule has 3 rings (SSSR count). The molecule has 3 N–H and O–H groups in total. The average Bonchev–Trinajstić information content (AvgIpc) is 3.08. The third kappa shape index (κ3) is 3.19. The Morgan fingerprint density at radius 2 is 2.17 bits per heavy atom. The molecule has 2 heterocycles. The van der Waals surface area contributed by atoms with E-state index in [4.69, 9.17) is 0 Å². The summed E-state index contributed by atoms with van der Waals surface area (Å²) in [6.07, 6.45) is 3.05. The van der Waals surface area contributed by atoms with E-state index in [0.717, 1.165) is 16.7 Å². The monoisotopic (exact) mass is 327 g/mol. The number of phenols is 1. The molecule has 0 spiro atoms. The fourth-order valence-electron chi connectivity index (χ4n) is 2.65. The van der Waals surface area contributed by atoms with Gasteiger partial charge in [-0.3, -0.25) is 4.79 Å². The van der Waals surface area contributed by atoms with Gasteiger partial charge in [0.1, 0.15) is 0 Å². The number of fused-ring (bicyclic) bond motifs is 1. The Hall–Kier alpha value is -2.40. The third-order valence-electron chi connectivity index (χ3n) is 3.76. The maximum Gasteiger partial charge on any atom is 0.253 e. The molecule has 0 aliphatic carbocycles. The highest BCUT2D eigenvalue weighted by Crippen LogP contribution is 2.35. The van der Waals surface area contributed by atoms with Crippen molar-refractivity contribution in [1.29, 1.82) is 0 Å². The number of thiophene rings is 1. The SMILES string of the molecule is CCCC(=O)NC(c1cccs1)c1ccc2ccc[nH+]c2c1O. The molecule has 0 saturated carbocycles. The van der Waals surface area contributed by atoms with E-state index in [9.17, 15) is 9.90 Å². The first-order valence-electron chi connectivity index (χ1n) is 7.65. The van der Waals surface area contributed by atoms with Crippen LogP contribution in [0.15, 0.2) is 48.0 Å². The van der Waals surface area contributed by atoms with E-state index < -0.39 is 0 Å². The molecule has 118 valence electrons. The zero-order chi connectivity index (χ0) is 16.2. The topological polar surface area (TPSA) is 63.5 Å². The molecule has 0 radical (unpaired) electrons. The van der Waals surface area contributed by atoms with Crippen LogP contribution in [0, 0.1) is 0 Å². The number of hydrogen-bond donors (Lipinski definition) is 2. The number of aromatic amines is 1. The summed E-state index contributed by atoms with van der Waals surface area (Å²) in [5.74, 6) is 0.167. The molecule has 1 aromatic carbocycles. The van der Waals surface area contributed by atoms with E-state index in [1.165, 1.54) is 0 Å². The van der Waals surface area contributed by atoms with Gasteiger partial charge >= 0.3 is 0 Å². The first-order chi connectivity index (χ1) is 11.2. The van der Waals surface area contributed by atoms with E-state index in [0.29, 0.717) is 17.5 Å². The molecule has 0 bridgehead atoms. The average molecular weight is 327 g/mol. The van der Waals surface area contributed by atoms with Crippen LogP contribution in [0.3, 0.4) is 0 Å². The second-order valence-corrected chi connectivity index (χ2v) is 6.38. The number of rotatable bonds is 5. The van der Waals surface area contributed by atoms with Crippen molar-refractivity contribution in [3.63, 3.8) is 0 Å². The van der Waals surface area contributed by atoms with Gasteiger partial charge in [0.15, 0.2) is 11.9 Å². The van der Waals surface area contributed by atoms with Crippen molar-refractivity contribution < 1.29 is 14.9 Å². The number of benzene rings is 1. The molecule has 0 aliphatic heterocycles. The summed E-state index contributed by atoms with van der Waals surface area (Å²) in [5.41, 5.74) is 1.38. The standard InChI is InChI=1S/C18H18N2O2S/c1-2-5-15(21)20-17(14-7-4-11-23-14)13-9-8-12-6-3-10-19-16(12)18(13)22/h3-4,6-11,17,22H,2,5H2,1H3,(H,20,21)/p+1. The van der Waals surface area contributed by atoms with Gasteiger partial charge in [0.25, 0.3) is 5.52 Å². The number of carbonyl (C=O) groups excluding carboxylic acids is 1. The Balaban J connectivity index is 2.06. The van der Waals surface area contributed by atoms with Gasteiger partial charge in [-0.15, -0.1) is 11.3 Å². The van der Waals surface area contributed by atoms with Crippen molar-refractivity contribution >= 4 is 28.1 Å². The summed E-state index contributed by atoms with van der Waals surface area (Å²) in [4.78, 5) is 16.2. The number of amides is 1. The first kappa shape index (κ1) is 15.5. The lowest BCUT2D eigenvalue weighted by Gasteiger charge is -2.19. The van der Waals surface area contributed by atoms with Gasteiger partial charge in [-0.1, -0.05) is 19.1 Å². The molecule has 0 fully saturated rings. The summed E-state index contributed by atoms with van der Waals surface area (Å²) in [6.45, 7) is 1.97. The van der Waals surface area contributed by atoms with Crippen molar-refractivity contribution in [3.8, 4) is 5.75 Å². The van der Waals surface area contributed by atoms with Gasteiger partial charge in [-0.05, 0) is 30.0 Å². The van der Waals surface area contributed by atoms with Crippen LogP contribution in [0.4, 0.5) is 0 Å². The van der Waals surface area contributed by atoms with Gasteiger partial charge in [0.2, 0.25) is 5.91 Å². The highest BCUT2D eigenvalue weighted by Gasteiger charge is 2.23. The van der Waals surface area contributed by atoms with Crippen LogP contribution in [-0.2, 0) is 4.79 Å². The summed E-state index contributed by atoms with van der Waals surface area (Å²) in [7, 11) is 0. The molecule has 1 unspecified atom stereocenters. The predicted octanol–water partition coefficient (Wildman–Crippen LogP) is 3.43. The van der Waals surface area contributed by atoms with Crippen LogP contribution in [0.1, 0.15) is 36.2 Å². The number of phenolic OH excluding ortho intramolecular Hbond substituents is 1. The van der Waals surface area contributed by atoms with Crippen LogP contribution >= 0.6 is 11.3 Å². The predicted molar refractivity (Wildman–Crippen MR) is 91.4 cm³/mol. The third-order valence-corrected chi connectivity index (χ3v) is 4.70. The highest BCUT2D eigenvalue weighted by atomic mass is 32.1. The lowest BCUT2D eigenvalue weighted by atomic mass is 10.0. The summed E-state index contributed by atoms with van der Waals surface area (Å²) in [5, 5.41) is 16.6. The molecule has 4 nitrogen and oxygen atoms in total. The smallest absolute Gasteiger partial charge is 0.253 e. The lowest BCUT2D eigenvalue weighted by molar-refractivity contribution is -0.345. The van der Waals surface area contributed by atoms with Crippen LogP contribution in [0.5, 0.6) is 5.75 Å². The van der Waals surface area contributed by atoms with Crippen molar-refractivity contribution in [2.75, 3.05) is 0 Å². The van der Waals surface area contributed by atoms with Crippen LogP contribution in [0.25, 0.3) is 10.9 Å². The zero-order valence-electron chi connectivity index (χ0n) is 12.9. The Bertz CT molecular complexity index is 815. The minimum atomic E-state index is -0.341. The van der Waals surface area contributed by atoms with Crippen LogP contribution < -0.4 is 10.3 Å². The van der Waals surface area contributed by atoms with Gasteiger partial charge in [0.05, 0.1) is 11.4 Å². The lowest BCUT2D eigenvalue weighted by Crippen LogP contribution is -2.28. The Morgan fingerprint density at radius 1 is 1.30 bits per heavy atom. The van der Waals surface area contributed by atoms with Crippen LogP contribution in [0.2, 0.25) is 0 Å². The van der Waals surface area contributed by atoms with E-state index in [1.54, 1.807) is 17.5 Å². The number of aromatic hydroxyl groups is 1. The summed E-state index contributed by atoms with van der Waals surface area (Å²) < 4.78 is 0. The molecule has 3 aromatic rings. The number of pyridine rings is 1. The maximum atomic E-state index is 12.1. The maximum absolute atomic E-state index is 12.1. The molecular weight excluding hydrogens is 308 g/mol. The summed E-state index contributed by atoms with van der Waals surface area (Å²) >= 11 is 1.56. The Morgan fingerprint density at radius 3 is 2.91 bits per heavy atom. The number of hydrogen-bond acceptors (Lipinski definition) is 3. The van der Waals surface area contributed by atoms with Gasteiger partial charge < -0.3 is 10.4 Å². The van der Waals surface area contributed by atoms with Crippen LogP contribution in [-0.4, -0.2) is 11.0 Å². The molecule has 0 aliphatic rings. The van der Waals surface area contributed by atoms with Gasteiger partial charge in [-0.2, -0.15) is 0 Å². The quantitative estimate of drug-likeness (QED) is 0.754. The summed E-state index contributed by atoms with van der Waals surface area (Å²) in [6, 6.07) is 11.2. The molecule has 2 aromatic heterocycles. The normalized spacial score (nSPS) is 12.2. The molecule has 5 heteroatoms. The van der Waals surface area contributed by atoms with Gasteiger partial charge in [-0.25, -0.2) is 4.98 Å². The minimum Gasteiger partial charge on any atom is -0.502 e. The molecular formula is C18H19N2O2S+. The number of nitrogens with one attached hydrogen (secondary N) is 2. The van der Waals surface area contributed by atoms with E-state index >= 15 is 0 Å². The van der Waals surface area contributed by atoms with Crippen molar-refractivity contribution in [3.05, 3.63) is 58.4 Å². The Kier molecular flexibility index (Phi) is 4.57. The van der Waals surface area contributed by atoms with E-state index in [-0.39, 0.29) is 17.7 Å². The second-order valence-electron chi connectivity index (χ2n) is 5.40. The fraction of sp³-hybridized carbons (Fsp3) is 0.222. The van der Waals surface area contributed by atoms with E-state index in [2.05, 4.69) is 10.3 Å². The first-order valence-corrected chi connectivity index (χ1v) is 8.53. The molecule has 1 amide bonds. The molecule has 1 atom stereocenters. The molecule has 23 heavy (non-hydrogen) atoms.